The highest BCUT2D eigenvalue weighted by Gasteiger charge is 2.49. The Labute approximate surface area is 133 Å². The van der Waals surface area contributed by atoms with E-state index in [1.807, 2.05) is 0 Å². The van der Waals surface area contributed by atoms with Crippen molar-refractivity contribution in [3.63, 3.8) is 0 Å². The van der Waals surface area contributed by atoms with Gasteiger partial charge in [0, 0.05) is 12.2 Å². The van der Waals surface area contributed by atoms with Gasteiger partial charge in [0.05, 0.1) is 0 Å². The van der Waals surface area contributed by atoms with E-state index in [0.717, 1.165) is 12.1 Å². The van der Waals surface area contributed by atoms with Crippen molar-refractivity contribution in [1.29, 1.82) is 0 Å². The molecule has 1 aromatic rings. The summed E-state index contributed by atoms with van der Waals surface area (Å²) in [6.07, 6.45) is -5.49. The Hall–Kier alpha value is -1.34. The van der Waals surface area contributed by atoms with Crippen LogP contribution in [0.5, 0.6) is 0 Å². The molecule has 0 heterocycles. The van der Waals surface area contributed by atoms with Gasteiger partial charge in [-0.25, -0.2) is 17.6 Å². The van der Waals surface area contributed by atoms with E-state index in [-0.39, 0.29) is 0 Å². The minimum absolute atomic E-state index is 0.444. The van der Waals surface area contributed by atoms with Gasteiger partial charge < -0.3 is 16.2 Å². The molecule has 0 amide bonds. The quantitative estimate of drug-likeness (QED) is 0.479. The van der Waals surface area contributed by atoms with E-state index in [0.29, 0.717) is 37.1 Å². The van der Waals surface area contributed by atoms with Crippen molar-refractivity contribution in [1.82, 2.24) is 0 Å². The molecule has 0 aliphatic carbocycles. The van der Waals surface area contributed by atoms with Crippen molar-refractivity contribution in [3.8, 4) is 0 Å². The number of aliphatic hydroxyl groups is 1. The first-order valence-corrected chi connectivity index (χ1v) is 7.71. The second kappa shape index (κ2) is 8.49. The van der Waals surface area contributed by atoms with Crippen LogP contribution >= 0.6 is 0 Å². The molecule has 0 aliphatic heterocycles. The molecule has 7 heteroatoms. The minimum atomic E-state index is -3.58. The molecule has 0 bridgehead atoms. The van der Waals surface area contributed by atoms with Gasteiger partial charge in [-0.2, -0.15) is 0 Å². The molecule has 3 nitrogen and oxygen atoms in total. The van der Waals surface area contributed by atoms with Gasteiger partial charge in [0.1, 0.15) is 0 Å². The van der Waals surface area contributed by atoms with E-state index in [1.54, 1.807) is 13.8 Å². The molecule has 0 unspecified atom stereocenters. The standard InChI is InChI=1S/C16H24F4N2O/c1-3-10-8-12(16(23,14(17)18)15(19)20)9-11(4-2)13(10)22-7-5-6-21/h8-9,14-15,22-23H,3-7,21H2,1-2H3. The van der Waals surface area contributed by atoms with Crippen LogP contribution in [0.4, 0.5) is 23.2 Å². The average molecular weight is 336 g/mol. The summed E-state index contributed by atoms with van der Waals surface area (Å²) in [6, 6.07) is 2.48. The second-order valence-electron chi connectivity index (χ2n) is 5.37. The minimum Gasteiger partial charge on any atom is -0.385 e. The first kappa shape index (κ1) is 19.7. The number of benzene rings is 1. The van der Waals surface area contributed by atoms with Gasteiger partial charge in [-0.05, 0) is 42.5 Å². The zero-order chi connectivity index (χ0) is 17.6. The van der Waals surface area contributed by atoms with E-state index < -0.39 is 24.0 Å². The third kappa shape index (κ3) is 4.14. The fraction of sp³-hybridized carbons (Fsp3) is 0.625. The van der Waals surface area contributed by atoms with E-state index >= 15 is 0 Å². The van der Waals surface area contributed by atoms with Crippen molar-refractivity contribution in [2.45, 2.75) is 51.6 Å². The molecule has 4 N–H and O–H groups in total. The summed E-state index contributed by atoms with van der Waals surface area (Å²) < 4.78 is 52.3. The fourth-order valence-electron chi connectivity index (χ4n) is 2.45. The molecule has 23 heavy (non-hydrogen) atoms. The van der Waals surface area contributed by atoms with Gasteiger partial charge >= 0.3 is 0 Å². The van der Waals surface area contributed by atoms with Crippen LogP contribution in [-0.4, -0.2) is 31.0 Å². The average Bonchev–Trinajstić information content (AvgIpc) is 2.53. The molecule has 0 aliphatic rings. The maximum Gasteiger partial charge on any atom is 0.276 e. The Morgan fingerprint density at radius 2 is 1.57 bits per heavy atom. The van der Waals surface area contributed by atoms with Gasteiger partial charge in [-0.15, -0.1) is 0 Å². The molecule has 0 aromatic heterocycles. The molecular weight excluding hydrogens is 312 g/mol. The molecule has 0 saturated heterocycles. The first-order valence-electron chi connectivity index (χ1n) is 7.71. The normalized spacial score (nSPS) is 12.3. The van der Waals surface area contributed by atoms with Crippen LogP contribution in [0.25, 0.3) is 0 Å². The Morgan fingerprint density at radius 3 is 1.91 bits per heavy atom. The van der Waals surface area contributed by atoms with Gasteiger partial charge in [0.15, 0.2) is 0 Å². The first-order chi connectivity index (χ1) is 10.8. The number of aryl methyl sites for hydroxylation is 2. The highest BCUT2D eigenvalue weighted by molar-refractivity contribution is 5.60. The summed E-state index contributed by atoms with van der Waals surface area (Å²) in [5.41, 5.74) is 3.53. The number of alkyl halides is 4. The highest BCUT2D eigenvalue weighted by atomic mass is 19.3. The van der Waals surface area contributed by atoms with Gasteiger partial charge in [-0.1, -0.05) is 26.0 Å². The summed E-state index contributed by atoms with van der Waals surface area (Å²) in [5.74, 6) is 0. The van der Waals surface area contributed by atoms with Crippen molar-refractivity contribution < 1.29 is 22.7 Å². The number of halogens is 4. The van der Waals surface area contributed by atoms with Crippen LogP contribution in [0.1, 0.15) is 37.0 Å². The third-order valence-electron chi connectivity index (χ3n) is 3.87. The van der Waals surface area contributed by atoms with Crippen LogP contribution < -0.4 is 11.1 Å². The maximum absolute atomic E-state index is 13.1. The summed E-state index contributed by atoms with van der Waals surface area (Å²) >= 11 is 0. The second-order valence-corrected chi connectivity index (χ2v) is 5.37. The molecule has 0 spiro atoms. The zero-order valence-corrected chi connectivity index (χ0v) is 13.4. The van der Waals surface area contributed by atoms with Crippen LogP contribution in [0, 0.1) is 0 Å². The predicted octanol–water partition coefficient (Wildman–Crippen LogP) is 3.29. The van der Waals surface area contributed by atoms with Gasteiger partial charge in [-0.3, -0.25) is 0 Å². The maximum atomic E-state index is 13.1. The topological polar surface area (TPSA) is 58.3 Å². The molecule has 0 atom stereocenters. The smallest absolute Gasteiger partial charge is 0.276 e. The summed E-state index contributed by atoms with van der Waals surface area (Å²) in [4.78, 5) is 0. The molecule has 1 aromatic carbocycles. The van der Waals surface area contributed by atoms with Crippen molar-refractivity contribution in [2.24, 2.45) is 5.73 Å². The van der Waals surface area contributed by atoms with Crippen molar-refractivity contribution >= 4 is 5.69 Å². The zero-order valence-electron chi connectivity index (χ0n) is 13.4. The fourth-order valence-corrected chi connectivity index (χ4v) is 2.45. The summed E-state index contributed by atoms with van der Waals surface area (Å²) in [7, 11) is 0. The van der Waals surface area contributed by atoms with E-state index in [1.165, 1.54) is 12.1 Å². The number of anilines is 1. The monoisotopic (exact) mass is 336 g/mol. The van der Waals surface area contributed by atoms with Crippen molar-refractivity contribution in [2.75, 3.05) is 18.4 Å². The number of hydrogen-bond donors (Lipinski definition) is 3. The Balaban J connectivity index is 3.37. The Bertz CT molecular complexity index is 476. The number of rotatable bonds is 9. The lowest BCUT2D eigenvalue weighted by atomic mass is 9.89. The number of nitrogens with two attached hydrogens (primary N) is 1. The molecular formula is C16H24F4N2O. The lowest BCUT2D eigenvalue weighted by Crippen LogP contribution is -2.41. The Kier molecular flexibility index (Phi) is 7.28. The molecule has 1 rings (SSSR count). The van der Waals surface area contributed by atoms with E-state index in [4.69, 9.17) is 5.73 Å². The van der Waals surface area contributed by atoms with Crippen LogP contribution in [0.2, 0.25) is 0 Å². The lowest BCUT2D eigenvalue weighted by Gasteiger charge is -2.29. The Morgan fingerprint density at radius 1 is 1.09 bits per heavy atom. The molecule has 0 fully saturated rings. The van der Waals surface area contributed by atoms with E-state index in [9.17, 15) is 22.7 Å². The lowest BCUT2D eigenvalue weighted by molar-refractivity contribution is -0.183. The highest BCUT2D eigenvalue weighted by Crippen LogP contribution is 2.38. The van der Waals surface area contributed by atoms with Gasteiger partial charge in [0.25, 0.3) is 12.9 Å². The van der Waals surface area contributed by atoms with Crippen LogP contribution in [-0.2, 0) is 18.4 Å². The summed E-state index contributed by atoms with van der Waals surface area (Å²) in [6.45, 7) is 4.71. The van der Waals surface area contributed by atoms with Crippen molar-refractivity contribution in [3.05, 3.63) is 28.8 Å². The number of hydrogen-bond acceptors (Lipinski definition) is 3. The largest absolute Gasteiger partial charge is 0.385 e. The number of nitrogens with one attached hydrogen (secondary N) is 1. The predicted molar refractivity (Wildman–Crippen MR) is 83.3 cm³/mol. The SMILES string of the molecule is CCc1cc(C(O)(C(F)F)C(F)F)cc(CC)c1NCCCN. The van der Waals surface area contributed by atoms with E-state index in [2.05, 4.69) is 5.32 Å². The van der Waals surface area contributed by atoms with Crippen LogP contribution in [0.3, 0.4) is 0 Å². The molecule has 0 saturated carbocycles. The van der Waals surface area contributed by atoms with Crippen LogP contribution in [0.15, 0.2) is 12.1 Å². The third-order valence-corrected chi connectivity index (χ3v) is 3.87. The molecule has 0 radical (unpaired) electrons. The van der Waals surface area contributed by atoms with Gasteiger partial charge in [0.2, 0.25) is 5.60 Å². The summed E-state index contributed by atoms with van der Waals surface area (Å²) in [5, 5.41) is 13.0. The molecule has 132 valence electrons.